The number of hydrogen-bond acceptors (Lipinski definition) is 2. The third-order valence-corrected chi connectivity index (χ3v) is 5.06. The average Bonchev–Trinajstić information content (AvgIpc) is 2.50. The molecule has 2 heteroatoms. The van der Waals surface area contributed by atoms with Crippen LogP contribution in [0.4, 0.5) is 0 Å². The van der Waals surface area contributed by atoms with Crippen LogP contribution in [0, 0.1) is 0 Å². The van der Waals surface area contributed by atoms with E-state index in [1.807, 2.05) is 0 Å². The third-order valence-electron chi connectivity index (χ3n) is 5.06. The molecule has 0 aromatic heterocycles. The topological polar surface area (TPSA) is 15.3 Å². The number of nitrogens with one attached hydrogen (secondary N) is 1. The van der Waals surface area contributed by atoms with Crippen molar-refractivity contribution in [1.29, 1.82) is 0 Å². The Hall–Kier alpha value is -0.860. The van der Waals surface area contributed by atoms with Crippen molar-refractivity contribution >= 4 is 0 Å². The van der Waals surface area contributed by atoms with Crippen LogP contribution in [0.2, 0.25) is 0 Å². The summed E-state index contributed by atoms with van der Waals surface area (Å²) in [6.07, 6.45) is 5.00. The highest BCUT2D eigenvalue weighted by Gasteiger charge is 2.35. The van der Waals surface area contributed by atoms with E-state index in [-0.39, 0.29) is 0 Å². The number of piperidine rings is 1. The lowest BCUT2D eigenvalue weighted by molar-refractivity contribution is 0.152. The van der Waals surface area contributed by atoms with Crippen LogP contribution in [-0.2, 0) is 5.41 Å². The van der Waals surface area contributed by atoms with Crippen LogP contribution in [0.5, 0.6) is 0 Å². The van der Waals surface area contributed by atoms with Crippen molar-refractivity contribution < 1.29 is 0 Å². The van der Waals surface area contributed by atoms with E-state index in [2.05, 4.69) is 61.4 Å². The van der Waals surface area contributed by atoms with Gasteiger partial charge in [0.1, 0.15) is 0 Å². The predicted octanol–water partition coefficient (Wildman–Crippen LogP) is 3.43. The van der Waals surface area contributed by atoms with Gasteiger partial charge in [0.15, 0.2) is 0 Å². The quantitative estimate of drug-likeness (QED) is 0.855. The van der Waals surface area contributed by atoms with Crippen LogP contribution >= 0.6 is 0 Å². The van der Waals surface area contributed by atoms with Gasteiger partial charge in [0.2, 0.25) is 0 Å². The molecule has 0 unspecified atom stereocenters. The summed E-state index contributed by atoms with van der Waals surface area (Å²) in [7, 11) is 2.31. The molecule has 0 aliphatic carbocycles. The lowest BCUT2D eigenvalue weighted by Gasteiger charge is -2.43. The lowest BCUT2D eigenvalue weighted by atomic mass is 9.72. The van der Waals surface area contributed by atoms with E-state index in [0.29, 0.717) is 11.5 Å². The number of hydrogen-bond donors (Lipinski definition) is 1. The summed E-state index contributed by atoms with van der Waals surface area (Å²) in [5, 5.41) is 3.52. The molecule has 1 aromatic rings. The Labute approximate surface area is 124 Å². The van der Waals surface area contributed by atoms with E-state index in [1.54, 1.807) is 0 Å². The molecule has 0 amide bonds. The third kappa shape index (κ3) is 3.42. The Balaban J connectivity index is 2.19. The van der Waals surface area contributed by atoms with Crippen molar-refractivity contribution in [3.63, 3.8) is 0 Å². The van der Waals surface area contributed by atoms with Crippen molar-refractivity contribution in [3.05, 3.63) is 35.9 Å². The van der Waals surface area contributed by atoms with Crippen molar-refractivity contribution in [3.8, 4) is 0 Å². The van der Waals surface area contributed by atoms with Crippen molar-refractivity contribution in [1.82, 2.24) is 10.2 Å². The van der Waals surface area contributed by atoms with E-state index in [9.17, 15) is 0 Å². The van der Waals surface area contributed by atoms with Gasteiger partial charge in [0, 0.05) is 18.0 Å². The van der Waals surface area contributed by atoms with Gasteiger partial charge in [-0.15, -0.1) is 0 Å². The first kappa shape index (κ1) is 15.5. The monoisotopic (exact) mass is 274 g/mol. The summed E-state index contributed by atoms with van der Waals surface area (Å²) in [4.78, 5) is 2.60. The highest BCUT2D eigenvalue weighted by Crippen LogP contribution is 2.34. The second-order valence-corrected chi connectivity index (χ2v) is 6.28. The molecule has 2 nitrogen and oxygen atoms in total. The molecule has 1 aromatic carbocycles. The minimum absolute atomic E-state index is 0.337. The van der Waals surface area contributed by atoms with Crippen molar-refractivity contribution in [2.45, 2.75) is 51.0 Å². The maximum atomic E-state index is 3.52. The predicted molar refractivity (Wildman–Crippen MR) is 87.2 cm³/mol. The molecular formula is C18H30N2. The molecular weight excluding hydrogens is 244 g/mol. The van der Waals surface area contributed by atoms with Gasteiger partial charge in [-0.3, -0.25) is 0 Å². The summed E-state index contributed by atoms with van der Waals surface area (Å²) in [6.45, 7) is 8.09. The zero-order valence-corrected chi connectivity index (χ0v) is 13.4. The molecule has 1 N–H and O–H groups in total. The molecule has 0 atom stereocenters. The average molecular weight is 274 g/mol. The first-order chi connectivity index (χ1) is 9.72. The first-order valence-corrected chi connectivity index (χ1v) is 8.18. The molecule has 1 heterocycles. The van der Waals surface area contributed by atoms with Crippen LogP contribution in [0.1, 0.15) is 45.1 Å². The summed E-state index contributed by atoms with van der Waals surface area (Å²) in [5.74, 6) is 0. The van der Waals surface area contributed by atoms with Gasteiger partial charge in [-0.2, -0.15) is 0 Å². The zero-order valence-electron chi connectivity index (χ0n) is 13.4. The first-order valence-electron chi connectivity index (χ1n) is 8.18. The fraction of sp³-hybridized carbons (Fsp3) is 0.667. The van der Waals surface area contributed by atoms with Gasteiger partial charge >= 0.3 is 0 Å². The fourth-order valence-corrected chi connectivity index (χ4v) is 3.75. The smallest absolute Gasteiger partial charge is 0.0104 e. The summed E-state index contributed by atoms with van der Waals surface area (Å²) < 4.78 is 0. The Morgan fingerprint density at radius 1 is 1.10 bits per heavy atom. The summed E-state index contributed by atoms with van der Waals surface area (Å²) >= 11 is 0. The largest absolute Gasteiger partial charge is 0.317 e. The van der Waals surface area contributed by atoms with Crippen molar-refractivity contribution in [2.24, 2.45) is 0 Å². The van der Waals surface area contributed by atoms with Gasteiger partial charge in [-0.25, -0.2) is 0 Å². The van der Waals surface area contributed by atoms with E-state index >= 15 is 0 Å². The molecule has 0 spiro atoms. The summed E-state index contributed by atoms with van der Waals surface area (Å²) in [5.41, 5.74) is 1.86. The molecule has 1 aliphatic rings. The van der Waals surface area contributed by atoms with Crippen LogP contribution in [0.15, 0.2) is 30.3 Å². The highest BCUT2D eigenvalue weighted by molar-refractivity contribution is 5.27. The maximum Gasteiger partial charge on any atom is 0.0104 e. The normalized spacial score (nSPS) is 18.6. The zero-order chi connectivity index (χ0) is 14.4. The second kappa shape index (κ2) is 7.24. The standard InChI is InChI=1S/C18H30N2/c1-4-17(5-2)20(3)15-18(11-13-19-14-12-18)16-9-7-6-8-10-16/h6-10,17,19H,4-5,11-15H2,1-3H3. The molecule has 2 rings (SSSR count). The van der Waals surface area contributed by atoms with Gasteiger partial charge < -0.3 is 10.2 Å². The number of rotatable bonds is 6. The van der Waals surface area contributed by atoms with Crippen LogP contribution in [-0.4, -0.2) is 37.6 Å². The number of nitrogens with zero attached hydrogens (tertiary/aromatic N) is 1. The Morgan fingerprint density at radius 3 is 2.25 bits per heavy atom. The lowest BCUT2D eigenvalue weighted by Crippen LogP contribution is -2.49. The number of benzene rings is 1. The Kier molecular flexibility index (Phi) is 5.62. The fourth-order valence-electron chi connectivity index (χ4n) is 3.75. The van der Waals surface area contributed by atoms with Gasteiger partial charge in [-0.1, -0.05) is 44.2 Å². The number of likely N-dealkylation sites (N-methyl/N-ethyl adjacent to an activating group) is 1. The molecule has 0 bridgehead atoms. The molecule has 20 heavy (non-hydrogen) atoms. The van der Waals surface area contributed by atoms with Gasteiger partial charge in [0.25, 0.3) is 0 Å². The van der Waals surface area contributed by atoms with E-state index in [0.717, 1.165) is 13.1 Å². The summed E-state index contributed by atoms with van der Waals surface area (Å²) in [6, 6.07) is 11.9. The van der Waals surface area contributed by atoms with Gasteiger partial charge in [0.05, 0.1) is 0 Å². The van der Waals surface area contributed by atoms with Crippen LogP contribution < -0.4 is 5.32 Å². The molecule has 1 fully saturated rings. The molecule has 1 aliphatic heterocycles. The van der Waals surface area contributed by atoms with Gasteiger partial charge in [-0.05, 0) is 51.4 Å². The van der Waals surface area contributed by atoms with Crippen molar-refractivity contribution in [2.75, 3.05) is 26.7 Å². The van der Waals surface area contributed by atoms with E-state index < -0.39 is 0 Å². The molecule has 1 saturated heterocycles. The van der Waals surface area contributed by atoms with Crippen LogP contribution in [0.25, 0.3) is 0 Å². The molecule has 0 radical (unpaired) electrons. The minimum Gasteiger partial charge on any atom is -0.317 e. The van der Waals surface area contributed by atoms with Crippen LogP contribution in [0.3, 0.4) is 0 Å². The SMILES string of the molecule is CCC(CC)N(C)CC1(c2ccccc2)CCNCC1. The van der Waals surface area contributed by atoms with E-state index in [1.165, 1.54) is 37.8 Å². The Morgan fingerprint density at radius 2 is 1.70 bits per heavy atom. The highest BCUT2D eigenvalue weighted by atomic mass is 15.1. The van der Waals surface area contributed by atoms with E-state index in [4.69, 9.17) is 0 Å². The Bertz CT molecular complexity index is 378. The second-order valence-electron chi connectivity index (χ2n) is 6.28. The minimum atomic E-state index is 0.337. The molecule has 112 valence electrons. The maximum absolute atomic E-state index is 3.52. The molecule has 0 saturated carbocycles.